The van der Waals surface area contributed by atoms with Gasteiger partial charge in [0.1, 0.15) is 59.0 Å². The van der Waals surface area contributed by atoms with Crippen molar-refractivity contribution >= 4 is 87.5 Å². The van der Waals surface area contributed by atoms with Crippen LogP contribution in [-0.4, -0.2) is 118 Å². The molecule has 2 aromatic rings. The van der Waals surface area contributed by atoms with Crippen molar-refractivity contribution < 1.29 is 52.7 Å². The monoisotopic (exact) mass is 1070 g/mol. The zero-order valence-corrected chi connectivity index (χ0v) is 43.3. The number of anilines is 1. The van der Waals surface area contributed by atoms with E-state index in [0.717, 1.165) is 14.7 Å². The van der Waals surface area contributed by atoms with E-state index < -0.39 is 118 Å². The van der Waals surface area contributed by atoms with Gasteiger partial charge in [-0.15, -0.1) is 0 Å². The van der Waals surface area contributed by atoms with Crippen molar-refractivity contribution in [3.8, 4) is 0 Å². The van der Waals surface area contributed by atoms with E-state index in [9.17, 15) is 47.9 Å². The van der Waals surface area contributed by atoms with E-state index in [4.69, 9.17) is 4.74 Å². The molecule has 69 heavy (non-hydrogen) atoms. The highest BCUT2D eigenvalue weighted by Crippen LogP contribution is 2.30. The number of hydrogen-bond acceptors (Lipinski definition) is 11. The molecule has 0 aromatic heterocycles. The smallest absolute Gasteiger partial charge is 0.408 e. The van der Waals surface area contributed by atoms with Crippen LogP contribution in [0.3, 0.4) is 0 Å². The standard InChI is InChI=1S/C47H67IN10O11/c1-24(50-38(62)28(5)54-43(67)47(22-21-31-15-13-14-16-32(31)23-47)58-41(65)30(7)55-44(68)69-45(8,9)10)35(59)49-25(2)36(60)52-29(6)40(64)57-46(11,12)42(66)53-27(4)37(61)51-26(3)39(63)56-34-19-17-33(48)18-20-34/h13-20,24-30H,21-23H2,1-12H3,(H,49,59)(H,50,62)(H,51,61)(H,52,60)(H,53,66)(H,54,67)(H,55,68)(H,56,63)(H,57,64)(H,58,65)/t24-,25-,26-,27-,28-,29-,30-,47-/m0/s1. The fraction of sp³-hybridized carbons (Fsp3) is 0.532. The second-order valence-electron chi connectivity index (χ2n) is 18.8. The Labute approximate surface area is 416 Å². The molecule has 0 saturated carbocycles. The minimum absolute atomic E-state index is 0.0958. The maximum Gasteiger partial charge on any atom is 0.408 e. The predicted octanol–water partition coefficient (Wildman–Crippen LogP) is 1.11. The summed E-state index contributed by atoms with van der Waals surface area (Å²) in [6, 6.07) is 6.57. The van der Waals surface area contributed by atoms with Crippen LogP contribution >= 0.6 is 22.6 Å². The first-order chi connectivity index (χ1) is 31.9. The maximum atomic E-state index is 14.1. The van der Waals surface area contributed by atoms with Crippen LogP contribution in [0.25, 0.3) is 0 Å². The molecule has 3 rings (SSSR count). The first-order valence-electron chi connectivity index (χ1n) is 22.5. The molecule has 10 N–H and O–H groups in total. The Morgan fingerprint density at radius 3 is 1.48 bits per heavy atom. The summed E-state index contributed by atoms with van der Waals surface area (Å²) in [5.74, 6) is -6.21. The SMILES string of the molecule is C[C@H](NC(=O)OC(C)(C)C)C(=O)N[C@@]1(C(=O)N[C@@H](C)C(=O)N[C@@H](C)C(=O)N[C@@H](C)C(=O)N[C@@H](C)C(=O)NC(C)(C)C(=O)N[C@@H](C)C(=O)N[C@@H](C)C(=O)Nc2ccc(I)cc2)CCc2ccccc2C1. The van der Waals surface area contributed by atoms with Gasteiger partial charge in [0.2, 0.25) is 53.2 Å². The lowest BCUT2D eigenvalue weighted by Crippen LogP contribution is -2.66. The second-order valence-corrected chi connectivity index (χ2v) is 20.1. The third-order valence-electron chi connectivity index (χ3n) is 11.0. The van der Waals surface area contributed by atoms with Crippen molar-refractivity contribution in [2.24, 2.45) is 0 Å². The van der Waals surface area contributed by atoms with Gasteiger partial charge in [0.15, 0.2) is 0 Å². The van der Waals surface area contributed by atoms with E-state index in [1.807, 2.05) is 36.4 Å². The Kier molecular flexibility index (Phi) is 20.1. The van der Waals surface area contributed by atoms with E-state index in [-0.39, 0.29) is 12.8 Å². The van der Waals surface area contributed by atoms with Gasteiger partial charge < -0.3 is 57.9 Å². The van der Waals surface area contributed by atoms with Crippen LogP contribution in [0.2, 0.25) is 0 Å². The van der Waals surface area contributed by atoms with Crippen molar-refractivity contribution in [3.05, 3.63) is 63.2 Å². The third-order valence-corrected chi connectivity index (χ3v) is 11.7. The Bertz CT molecular complexity index is 2270. The van der Waals surface area contributed by atoms with Gasteiger partial charge >= 0.3 is 6.09 Å². The lowest BCUT2D eigenvalue weighted by atomic mass is 9.77. The van der Waals surface area contributed by atoms with Crippen LogP contribution < -0.4 is 53.2 Å². The molecular weight excluding hydrogens is 1010 g/mol. The zero-order valence-electron chi connectivity index (χ0n) is 41.2. The molecule has 22 heteroatoms. The highest BCUT2D eigenvalue weighted by Gasteiger charge is 2.44. The van der Waals surface area contributed by atoms with Gasteiger partial charge in [0, 0.05) is 15.7 Å². The third kappa shape index (κ3) is 17.3. The average Bonchev–Trinajstić information content (AvgIpc) is 3.25. The molecule has 0 unspecified atom stereocenters. The number of alkyl carbamates (subject to hydrolysis) is 1. The normalized spacial score (nSPS) is 17.4. The molecule has 378 valence electrons. The number of carbonyl (C=O) groups excluding carboxylic acids is 10. The Morgan fingerprint density at radius 1 is 0.536 bits per heavy atom. The van der Waals surface area contributed by atoms with Crippen LogP contribution in [0.4, 0.5) is 10.5 Å². The number of hydrogen-bond donors (Lipinski definition) is 10. The minimum atomic E-state index is -1.57. The largest absolute Gasteiger partial charge is 0.444 e. The molecule has 8 atom stereocenters. The van der Waals surface area contributed by atoms with Gasteiger partial charge in [-0.05, 0) is 154 Å². The molecule has 21 nitrogen and oxygen atoms in total. The van der Waals surface area contributed by atoms with Gasteiger partial charge in [-0.2, -0.15) is 0 Å². The molecule has 0 heterocycles. The van der Waals surface area contributed by atoms with E-state index >= 15 is 0 Å². The number of fused-ring (bicyclic) bond motifs is 1. The molecule has 0 bridgehead atoms. The Hall–Kier alpha value is -6.33. The molecular formula is C47H67IN10O11. The van der Waals surface area contributed by atoms with Crippen molar-refractivity contribution in [2.45, 2.75) is 161 Å². The van der Waals surface area contributed by atoms with Crippen molar-refractivity contribution in [3.63, 3.8) is 0 Å². The first-order valence-corrected chi connectivity index (χ1v) is 23.6. The number of halogens is 1. The summed E-state index contributed by atoms with van der Waals surface area (Å²) in [6.07, 6.45) is -0.110. The average molecular weight is 1080 g/mol. The lowest BCUT2D eigenvalue weighted by molar-refractivity contribution is -0.137. The molecule has 1 aliphatic carbocycles. The van der Waals surface area contributed by atoms with Crippen molar-refractivity contribution in [1.29, 1.82) is 0 Å². The number of amides is 10. The molecule has 10 amide bonds. The van der Waals surface area contributed by atoms with Crippen LogP contribution in [0.15, 0.2) is 48.5 Å². The van der Waals surface area contributed by atoms with Crippen LogP contribution in [0.5, 0.6) is 0 Å². The van der Waals surface area contributed by atoms with Gasteiger partial charge in [-0.25, -0.2) is 4.79 Å². The number of nitrogens with one attached hydrogen (secondary N) is 10. The molecule has 0 saturated heterocycles. The van der Waals surface area contributed by atoms with E-state index in [2.05, 4.69) is 75.8 Å². The number of aryl methyl sites for hydroxylation is 1. The summed E-state index contributed by atoms with van der Waals surface area (Å²) in [6.45, 7) is 17.6. The molecule has 0 spiro atoms. The quantitative estimate of drug-likeness (QED) is 0.0890. The summed E-state index contributed by atoms with van der Waals surface area (Å²) < 4.78 is 6.24. The van der Waals surface area contributed by atoms with Crippen molar-refractivity contribution in [1.82, 2.24) is 47.9 Å². The van der Waals surface area contributed by atoms with Gasteiger partial charge in [-0.1, -0.05) is 24.3 Å². The number of benzene rings is 2. The summed E-state index contributed by atoms with van der Waals surface area (Å²) in [7, 11) is 0. The maximum absolute atomic E-state index is 14.1. The molecule has 2 aromatic carbocycles. The lowest BCUT2D eigenvalue weighted by Gasteiger charge is -2.39. The van der Waals surface area contributed by atoms with E-state index in [0.29, 0.717) is 12.1 Å². The summed E-state index contributed by atoms with van der Waals surface area (Å²) in [5.41, 5.74) is -1.54. The van der Waals surface area contributed by atoms with Crippen molar-refractivity contribution in [2.75, 3.05) is 5.32 Å². The number of rotatable bonds is 19. The highest BCUT2D eigenvalue weighted by molar-refractivity contribution is 14.1. The molecule has 0 radical (unpaired) electrons. The highest BCUT2D eigenvalue weighted by atomic mass is 127. The van der Waals surface area contributed by atoms with E-state index in [1.165, 1.54) is 62.3 Å². The topological polar surface area (TPSA) is 300 Å². The first kappa shape index (κ1) is 57.0. The molecule has 1 aliphatic rings. The minimum Gasteiger partial charge on any atom is -0.444 e. The van der Waals surface area contributed by atoms with Crippen LogP contribution in [0, 0.1) is 3.57 Å². The van der Waals surface area contributed by atoms with E-state index in [1.54, 1.807) is 32.9 Å². The van der Waals surface area contributed by atoms with Crippen LogP contribution in [-0.2, 0) is 60.7 Å². The van der Waals surface area contributed by atoms with Gasteiger partial charge in [0.25, 0.3) is 0 Å². The number of ether oxygens (including phenoxy) is 1. The van der Waals surface area contributed by atoms with Gasteiger partial charge in [-0.3, -0.25) is 43.2 Å². The van der Waals surface area contributed by atoms with Gasteiger partial charge in [0.05, 0.1) is 0 Å². The second kappa shape index (κ2) is 24.3. The Balaban J connectivity index is 1.51. The summed E-state index contributed by atoms with van der Waals surface area (Å²) in [4.78, 5) is 131. The fourth-order valence-electron chi connectivity index (χ4n) is 6.70. The summed E-state index contributed by atoms with van der Waals surface area (Å²) in [5, 5.41) is 25.7. The molecule has 0 aliphatic heterocycles. The molecule has 0 fully saturated rings. The Morgan fingerprint density at radius 2 is 0.971 bits per heavy atom. The van der Waals surface area contributed by atoms with Crippen LogP contribution in [0.1, 0.15) is 101 Å². The summed E-state index contributed by atoms with van der Waals surface area (Å²) >= 11 is 2.13. The number of carbonyl (C=O) groups is 10. The predicted molar refractivity (Wildman–Crippen MR) is 264 cm³/mol. The zero-order chi connectivity index (χ0) is 52.2. The fourth-order valence-corrected chi connectivity index (χ4v) is 7.06.